The SMILES string of the molecule is C/C=C/c1cccc(S(=O)(=O)O)c1. The number of hydrogen-bond acceptors (Lipinski definition) is 2. The fourth-order valence-electron chi connectivity index (χ4n) is 0.971. The summed E-state index contributed by atoms with van der Waals surface area (Å²) in [6, 6.07) is 6.10. The van der Waals surface area contributed by atoms with Gasteiger partial charge in [0.25, 0.3) is 10.1 Å². The lowest BCUT2D eigenvalue weighted by Gasteiger charge is -1.97. The van der Waals surface area contributed by atoms with Crippen molar-refractivity contribution >= 4 is 16.2 Å². The van der Waals surface area contributed by atoms with Crippen LogP contribution in [0.25, 0.3) is 6.08 Å². The monoisotopic (exact) mass is 198 g/mol. The summed E-state index contributed by atoms with van der Waals surface area (Å²) >= 11 is 0. The molecule has 0 aliphatic rings. The van der Waals surface area contributed by atoms with Crippen molar-refractivity contribution < 1.29 is 13.0 Å². The van der Waals surface area contributed by atoms with Crippen LogP contribution >= 0.6 is 0 Å². The minimum atomic E-state index is -4.08. The van der Waals surface area contributed by atoms with Gasteiger partial charge >= 0.3 is 0 Å². The van der Waals surface area contributed by atoms with E-state index in [2.05, 4.69) is 0 Å². The van der Waals surface area contributed by atoms with Crippen molar-refractivity contribution in [1.29, 1.82) is 0 Å². The molecule has 0 spiro atoms. The van der Waals surface area contributed by atoms with Crippen LogP contribution in [-0.2, 0) is 10.1 Å². The van der Waals surface area contributed by atoms with Crippen molar-refractivity contribution in [2.24, 2.45) is 0 Å². The molecule has 1 N–H and O–H groups in total. The molecule has 1 rings (SSSR count). The Morgan fingerprint density at radius 3 is 2.62 bits per heavy atom. The van der Waals surface area contributed by atoms with E-state index in [9.17, 15) is 8.42 Å². The van der Waals surface area contributed by atoms with Gasteiger partial charge in [0.15, 0.2) is 0 Å². The lowest BCUT2D eigenvalue weighted by molar-refractivity contribution is 0.483. The first-order chi connectivity index (χ1) is 6.04. The van der Waals surface area contributed by atoms with Crippen LogP contribution in [0.4, 0.5) is 0 Å². The molecule has 0 aliphatic heterocycles. The Balaban J connectivity index is 3.21. The average molecular weight is 198 g/mol. The first-order valence-electron chi connectivity index (χ1n) is 3.74. The topological polar surface area (TPSA) is 54.4 Å². The fraction of sp³-hybridized carbons (Fsp3) is 0.111. The summed E-state index contributed by atoms with van der Waals surface area (Å²) in [5.74, 6) is 0. The van der Waals surface area contributed by atoms with Gasteiger partial charge in [-0.2, -0.15) is 8.42 Å². The molecule has 0 aromatic heterocycles. The van der Waals surface area contributed by atoms with Gasteiger partial charge in [0.1, 0.15) is 0 Å². The molecule has 0 aliphatic carbocycles. The van der Waals surface area contributed by atoms with E-state index in [4.69, 9.17) is 4.55 Å². The van der Waals surface area contributed by atoms with Crippen molar-refractivity contribution in [3.05, 3.63) is 35.9 Å². The number of rotatable bonds is 2. The molecule has 0 amide bonds. The zero-order valence-electron chi connectivity index (χ0n) is 7.14. The van der Waals surface area contributed by atoms with Gasteiger partial charge in [-0.25, -0.2) is 0 Å². The smallest absolute Gasteiger partial charge is 0.282 e. The van der Waals surface area contributed by atoms with Gasteiger partial charge in [-0.3, -0.25) is 4.55 Å². The van der Waals surface area contributed by atoms with Gasteiger partial charge in [-0.05, 0) is 24.6 Å². The summed E-state index contributed by atoms with van der Waals surface area (Å²) in [7, 11) is -4.08. The second-order valence-corrected chi connectivity index (χ2v) is 3.97. The predicted octanol–water partition coefficient (Wildman–Crippen LogP) is 1.97. The molecule has 1 aromatic carbocycles. The molecule has 0 unspecified atom stereocenters. The van der Waals surface area contributed by atoms with Crippen LogP contribution in [0.2, 0.25) is 0 Å². The van der Waals surface area contributed by atoms with E-state index in [-0.39, 0.29) is 4.90 Å². The lowest BCUT2D eigenvalue weighted by Crippen LogP contribution is -1.97. The van der Waals surface area contributed by atoms with E-state index in [1.165, 1.54) is 12.1 Å². The molecular formula is C9H10O3S. The van der Waals surface area contributed by atoms with Gasteiger partial charge < -0.3 is 0 Å². The third kappa shape index (κ3) is 2.68. The highest BCUT2D eigenvalue weighted by Crippen LogP contribution is 2.11. The maximum absolute atomic E-state index is 10.7. The van der Waals surface area contributed by atoms with Crippen LogP contribution < -0.4 is 0 Å². The quantitative estimate of drug-likeness (QED) is 0.739. The third-order valence-electron chi connectivity index (χ3n) is 1.52. The molecule has 70 valence electrons. The maximum atomic E-state index is 10.7. The summed E-state index contributed by atoms with van der Waals surface area (Å²) in [6.45, 7) is 1.83. The molecule has 0 saturated heterocycles. The molecule has 4 heteroatoms. The zero-order valence-corrected chi connectivity index (χ0v) is 7.95. The third-order valence-corrected chi connectivity index (χ3v) is 2.36. The molecule has 0 fully saturated rings. The van der Waals surface area contributed by atoms with E-state index in [0.29, 0.717) is 0 Å². The Kier molecular flexibility index (Phi) is 2.85. The highest BCUT2D eigenvalue weighted by molar-refractivity contribution is 7.85. The van der Waals surface area contributed by atoms with Gasteiger partial charge in [0.05, 0.1) is 4.90 Å². The number of allylic oxidation sites excluding steroid dienone is 1. The Bertz CT molecular complexity index is 418. The van der Waals surface area contributed by atoms with Crippen LogP contribution in [-0.4, -0.2) is 13.0 Å². The molecule has 13 heavy (non-hydrogen) atoms. The average Bonchev–Trinajstić information content (AvgIpc) is 2.04. The summed E-state index contributed by atoms with van der Waals surface area (Å²) < 4.78 is 30.2. The summed E-state index contributed by atoms with van der Waals surface area (Å²) in [6.07, 6.45) is 3.55. The second-order valence-electron chi connectivity index (χ2n) is 2.55. The van der Waals surface area contributed by atoms with Crippen molar-refractivity contribution in [1.82, 2.24) is 0 Å². The Hall–Kier alpha value is -1.13. The molecule has 0 bridgehead atoms. The van der Waals surface area contributed by atoms with Crippen LogP contribution in [0.1, 0.15) is 12.5 Å². The van der Waals surface area contributed by atoms with E-state index in [0.717, 1.165) is 5.56 Å². The Morgan fingerprint density at radius 2 is 2.08 bits per heavy atom. The largest absolute Gasteiger partial charge is 0.294 e. The van der Waals surface area contributed by atoms with Crippen LogP contribution in [0, 0.1) is 0 Å². The van der Waals surface area contributed by atoms with Crippen LogP contribution in [0.15, 0.2) is 35.2 Å². The highest BCUT2D eigenvalue weighted by atomic mass is 32.2. The van der Waals surface area contributed by atoms with Gasteiger partial charge in [0, 0.05) is 0 Å². The minimum absolute atomic E-state index is 0.0805. The molecule has 1 aromatic rings. The molecule has 0 atom stereocenters. The molecule has 0 saturated carbocycles. The summed E-state index contributed by atoms with van der Waals surface area (Å²) in [4.78, 5) is -0.0805. The van der Waals surface area contributed by atoms with Crippen molar-refractivity contribution in [3.63, 3.8) is 0 Å². The summed E-state index contributed by atoms with van der Waals surface area (Å²) in [5.41, 5.74) is 0.748. The molecule has 0 heterocycles. The maximum Gasteiger partial charge on any atom is 0.294 e. The Morgan fingerprint density at radius 1 is 1.38 bits per heavy atom. The van der Waals surface area contributed by atoms with Crippen molar-refractivity contribution in [2.75, 3.05) is 0 Å². The summed E-state index contributed by atoms with van der Waals surface area (Å²) in [5, 5.41) is 0. The fourth-order valence-corrected chi connectivity index (χ4v) is 1.51. The minimum Gasteiger partial charge on any atom is -0.282 e. The van der Waals surface area contributed by atoms with Crippen LogP contribution in [0.5, 0.6) is 0 Å². The first kappa shape index (κ1) is 9.95. The van der Waals surface area contributed by atoms with Crippen LogP contribution in [0.3, 0.4) is 0 Å². The van der Waals surface area contributed by atoms with Crippen molar-refractivity contribution in [3.8, 4) is 0 Å². The number of benzene rings is 1. The highest BCUT2D eigenvalue weighted by Gasteiger charge is 2.07. The molecular weight excluding hydrogens is 188 g/mol. The first-order valence-corrected chi connectivity index (χ1v) is 5.18. The number of hydrogen-bond donors (Lipinski definition) is 1. The lowest BCUT2D eigenvalue weighted by atomic mass is 10.2. The van der Waals surface area contributed by atoms with Crippen molar-refractivity contribution in [2.45, 2.75) is 11.8 Å². The van der Waals surface area contributed by atoms with Gasteiger partial charge in [-0.1, -0.05) is 24.3 Å². The van der Waals surface area contributed by atoms with Gasteiger partial charge in [0.2, 0.25) is 0 Å². The van der Waals surface area contributed by atoms with E-state index < -0.39 is 10.1 Å². The Labute approximate surface area is 77.5 Å². The standard InChI is InChI=1S/C9H10O3S/c1-2-4-8-5-3-6-9(7-8)13(10,11)12/h2-7H,1H3,(H,10,11,12)/b4-2+. The second kappa shape index (κ2) is 3.72. The van der Waals surface area contributed by atoms with E-state index in [1.807, 2.05) is 6.92 Å². The van der Waals surface area contributed by atoms with E-state index in [1.54, 1.807) is 24.3 Å². The predicted molar refractivity (Wildman–Crippen MR) is 51.0 cm³/mol. The molecule has 0 radical (unpaired) electrons. The molecule has 3 nitrogen and oxygen atoms in total. The van der Waals surface area contributed by atoms with E-state index >= 15 is 0 Å². The van der Waals surface area contributed by atoms with Gasteiger partial charge in [-0.15, -0.1) is 0 Å². The normalized spacial score (nSPS) is 12.2. The zero-order chi connectivity index (χ0) is 9.90.